The van der Waals surface area contributed by atoms with Crippen LogP contribution in [-0.2, 0) is 0 Å². The Labute approximate surface area is 128 Å². The Balaban J connectivity index is 2.30. The van der Waals surface area contributed by atoms with Crippen LogP contribution in [0.2, 0.25) is 0 Å². The molecule has 2 rings (SSSR count). The lowest BCUT2D eigenvalue weighted by molar-refractivity contribution is 0.333. The van der Waals surface area contributed by atoms with Crippen LogP contribution < -0.4 is 10.2 Å². The summed E-state index contributed by atoms with van der Waals surface area (Å²) in [7, 11) is 0. The van der Waals surface area contributed by atoms with Crippen LogP contribution in [0.15, 0.2) is 18.2 Å². The molecule has 4 heteroatoms. The normalized spacial score (nSPS) is 24.0. The molecule has 1 aliphatic rings. The number of nitrogens with one attached hydrogen (secondary N) is 1. The number of nitrogens with zero attached hydrogens (tertiary/aromatic N) is 1. The van der Waals surface area contributed by atoms with Crippen LogP contribution in [0.5, 0.6) is 0 Å². The SMILES string of the molecule is CCC1CN(c2ccc(F)cc2I)C(C(C)C)CN1. The summed E-state index contributed by atoms with van der Waals surface area (Å²) < 4.78 is 14.3. The second-order valence-electron chi connectivity index (χ2n) is 5.57. The van der Waals surface area contributed by atoms with Gasteiger partial charge in [0.25, 0.3) is 0 Å². The van der Waals surface area contributed by atoms with Gasteiger partial charge in [0, 0.05) is 28.7 Å². The van der Waals surface area contributed by atoms with Crippen LogP contribution in [0, 0.1) is 15.3 Å². The van der Waals surface area contributed by atoms with Gasteiger partial charge in [0.15, 0.2) is 0 Å². The van der Waals surface area contributed by atoms with Gasteiger partial charge in [0.2, 0.25) is 0 Å². The van der Waals surface area contributed by atoms with Gasteiger partial charge in [-0.15, -0.1) is 0 Å². The van der Waals surface area contributed by atoms with E-state index in [1.165, 1.54) is 5.69 Å². The molecule has 1 aromatic rings. The maximum atomic E-state index is 13.3. The number of halogens is 2. The molecule has 0 bridgehead atoms. The fourth-order valence-electron chi connectivity index (χ4n) is 2.70. The third kappa shape index (κ3) is 3.40. The number of rotatable bonds is 3. The highest BCUT2D eigenvalue weighted by molar-refractivity contribution is 14.1. The van der Waals surface area contributed by atoms with Gasteiger partial charge in [-0.05, 0) is 53.1 Å². The first kappa shape index (κ1) is 15.0. The molecule has 0 saturated carbocycles. The van der Waals surface area contributed by atoms with Gasteiger partial charge in [-0.3, -0.25) is 0 Å². The largest absolute Gasteiger partial charge is 0.365 e. The second kappa shape index (κ2) is 6.39. The highest BCUT2D eigenvalue weighted by atomic mass is 127. The molecule has 0 spiro atoms. The lowest BCUT2D eigenvalue weighted by Gasteiger charge is -2.44. The van der Waals surface area contributed by atoms with Crippen LogP contribution in [0.4, 0.5) is 10.1 Å². The van der Waals surface area contributed by atoms with Crippen molar-refractivity contribution in [1.29, 1.82) is 0 Å². The van der Waals surface area contributed by atoms with Crippen LogP contribution in [0.25, 0.3) is 0 Å². The molecule has 0 aliphatic carbocycles. The molecule has 106 valence electrons. The van der Waals surface area contributed by atoms with Gasteiger partial charge in [-0.1, -0.05) is 20.8 Å². The number of benzene rings is 1. The van der Waals surface area contributed by atoms with Crippen molar-refractivity contribution in [2.75, 3.05) is 18.0 Å². The third-order valence-corrected chi connectivity index (χ3v) is 4.78. The zero-order valence-corrected chi connectivity index (χ0v) is 13.9. The Kier molecular flexibility index (Phi) is 5.06. The van der Waals surface area contributed by atoms with E-state index >= 15 is 0 Å². The smallest absolute Gasteiger partial charge is 0.124 e. The molecular formula is C15H22FIN2. The second-order valence-corrected chi connectivity index (χ2v) is 6.74. The standard InChI is InChI=1S/C15H22FIN2/c1-4-12-9-19(15(8-18-12)10(2)3)14-6-5-11(16)7-13(14)17/h5-7,10,12,15,18H,4,8-9H2,1-3H3. The van der Waals surface area contributed by atoms with Crippen LogP contribution in [-0.4, -0.2) is 25.2 Å². The summed E-state index contributed by atoms with van der Waals surface area (Å²) in [6.07, 6.45) is 1.12. The Morgan fingerprint density at radius 3 is 2.79 bits per heavy atom. The fraction of sp³-hybridized carbons (Fsp3) is 0.600. The van der Waals surface area contributed by atoms with Crippen LogP contribution >= 0.6 is 22.6 Å². The molecule has 0 radical (unpaired) electrons. The number of anilines is 1. The molecule has 19 heavy (non-hydrogen) atoms. The molecule has 1 saturated heterocycles. The van der Waals surface area contributed by atoms with Crippen molar-refractivity contribution in [3.63, 3.8) is 0 Å². The highest BCUT2D eigenvalue weighted by Crippen LogP contribution is 2.29. The van der Waals surface area contributed by atoms with Gasteiger partial charge < -0.3 is 10.2 Å². The first-order chi connectivity index (χ1) is 9.02. The van der Waals surface area contributed by atoms with E-state index in [9.17, 15) is 4.39 Å². The monoisotopic (exact) mass is 376 g/mol. The maximum Gasteiger partial charge on any atom is 0.124 e. The summed E-state index contributed by atoms with van der Waals surface area (Å²) in [6, 6.07) is 6.11. The first-order valence-corrected chi connectivity index (χ1v) is 8.05. The summed E-state index contributed by atoms with van der Waals surface area (Å²) in [5, 5.41) is 3.61. The van der Waals surface area contributed by atoms with Gasteiger partial charge in [-0.2, -0.15) is 0 Å². The molecule has 1 heterocycles. The number of hydrogen-bond acceptors (Lipinski definition) is 2. The maximum absolute atomic E-state index is 13.3. The van der Waals surface area contributed by atoms with E-state index in [1.807, 2.05) is 6.07 Å². The van der Waals surface area contributed by atoms with E-state index in [0.717, 1.165) is 23.1 Å². The molecule has 1 N–H and O–H groups in total. The van der Waals surface area contributed by atoms with Crippen molar-refractivity contribution in [3.05, 3.63) is 27.6 Å². The van der Waals surface area contributed by atoms with Crippen LogP contribution in [0.3, 0.4) is 0 Å². The van der Waals surface area contributed by atoms with E-state index in [0.29, 0.717) is 18.0 Å². The predicted molar refractivity (Wildman–Crippen MR) is 87.2 cm³/mol. The molecular weight excluding hydrogens is 354 g/mol. The Morgan fingerprint density at radius 2 is 2.21 bits per heavy atom. The van der Waals surface area contributed by atoms with E-state index in [4.69, 9.17) is 0 Å². The van der Waals surface area contributed by atoms with Gasteiger partial charge in [0.05, 0.1) is 5.69 Å². The predicted octanol–water partition coefficient (Wildman–Crippen LogP) is 3.64. The lowest BCUT2D eigenvalue weighted by Crippen LogP contribution is -2.58. The minimum atomic E-state index is -0.156. The Bertz CT molecular complexity index is 436. The molecule has 2 nitrogen and oxygen atoms in total. The zero-order chi connectivity index (χ0) is 14.0. The summed E-state index contributed by atoms with van der Waals surface area (Å²) >= 11 is 2.24. The third-order valence-electron chi connectivity index (χ3n) is 3.91. The average Bonchev–Trinajstić information content (AvgIpc) is 2.38. The average molecular weight is 376 g/mol. The Hall–Kier alpha value is -0.360. The fourth-order valence-corrected chi connectivity index (χ4v) is 3.48. The van der Waals surface area contributed by atoms with Crippen molar-refractivity contribution in [3.8, 4) is 0 Å². The summed E-state index contributed by atoms with van der Waals surface area (Å²) in [6.45, 7) is 8.72. The molecule has 2 unspecified atom stereocenters. The topological polar surface area (TPSA) is 15.3 Å². The highest BCUT2D eigenvalue weighted by Gasteiger charge is 2.30. The zero-order valence-electron chi connectivity index (χ0n) is 11.8. The minimum absolute atomic E-state index is 0.156. The van der Waals surface area contributed by atoms with Gasteiger partial charge in [0.1, 0.15) is 5.82 Å². The quantitative estimate of drug-likeness (QED) is 0.811. The van der Waals surface area contributed by atoms with E-state index in [2.05, 4.69) is 53.6 Å². The molecule has 0 aromatic heterocycles. The van der Waals surface area contributed by atoms with E-state index < -0.39 is 0 Å². The molecule has 1 fully saturated rings. The van der Waals surface area contributed by atoms with Crippen LogP contribution in [0.1, 0.15) is 27.2 Å². The molecule has 1 aromatic carbocycles. The first-order valence-electron chi connectivity index (χ1n) is 6.98. The van der Waals surface area contributed by atoms with Crippen molar-refractivity contribution in [2.24, 2.45) is 5.92 Å². The number of hydrogen-bond donors (Lipinski definition) is 1. The Morgan fingerprint density at radius 1 is 1.47 bits per heavy atom. The minimum Gasteiger partial charge on any atom is -0.365 e. The van der Waals surface area contributed by atoms with Crippen molar-refractivity contribution < 1.29 is 4.39 Å². The molecule has 1 aliphatic heterocycles. The van der Waals surface area contributed by atoms with Crippen molar-refractivity contribution in [2.45, 2.75) is 39.3 Å². The van der Waals surface area contributed by atoms with Crippen molar-refractivity contribution in [1.82, 2.24) is 5.32 Å². The van der Waals surface area contributed by atoms with E-state index in [1.54, 1.807) is 12.1 Å². The lowest BCUT2D eigenvalue weighted by atomic mass is 9.97. The van der Waals surface area contributed by atoms with Crippen molar-refractivity contribution >= 4 is 28.3 Å². The molecule has 2 atom stereocenters. The summed E-state index contributed by atoms with van der Waals surface area (Å²) in [4.78, 5) is 2.45. The molecule has 0 amide bonds. The van der Waals surface area contributed by atoms with Gasteiger partial charge >= 0.3 is 0 Å². The van der Waals surface area contributed by atoms with Gasteiger partial charge in [-0.25, -0.2) is 4.39 Å². The summed E-state index contributed by atoms with van der Waals surface area (Å²) in [5.41, 5.74) is 1.17. The summed E-state index contributed by atoms with van der Waals surface area (Å²) in [5.74, 6) is 0.419. The number of piperazine rings is 1. The van der Waals surface area contributed by atoms with E-state index in [-0.39, 0.29) is 5.82 Å².